The van der Waals surface area contributed by atoms with Gasteiger partial charge in [-0.25, -0.2) is 8.42 Å². The first-order valence-corrected chi connectivity index (χ1v) is 11.6. The lowest BCUT2D eigenvalue weighted by Gasteiger charge is -2.26. The highest BCUT2D eigenvalue weighted by atomic mass is 79.9. The number of aromatic hydroxyl groups is 1. The van der Waals surface area contributed by atoms with Gasteiger partial charge in [-0.2, -0.15) is 4.31 Å². The fourth-order valence-electron chi connectivity index (χ4n) is 3.84. The van der Waals surface area contributed by atoms with Crippen molar-refractivity contribution in [1.29, 1.82) is 0 Å². The summed E-state index contributed by atoms with van der Waals surface area (Å²) in [5.41, 5.74) is 5.14. The zero-order valence-electron chi connectivity index (χ0n) is 16.5. The van der Waals surface area contributed by atoms with Crippen molar-refractivity contribution >= 4 is 26.0 Å². The van der Waals surface area contributed by atoms with Crippen LogP contribution in [0.3, 0.4) is 0 Å². The number of phenols is 1. The van der Waals surface area contributed by atoms with Gasteiger partial charge in [0.1, 0.15) is 5.75 Å². The normalized spacial score (nSPS) is 16.8. The van der Waals surface area contributed by atoms with Crippen molar-refractivity contribution in [2.24, 2.45) is 0 Å². The molecule has 1 heterocycles. The van der Waals surface area contributed by atoms with Crippen LogP contribution in [0.1, 0.15) is 39.4 Å². The lowest BCUT2D eigenvalue weighted by atomic mass is 9.96. The van der Waals surface area contributed by atoms with Crippen LogP contribution in [-0.4, -0.2) is 17.8 Å². The summed E-state index contributed by atoms with van der Waals surface area (Å²) in [5.74, 6) is 0.155. The van der Waals surface area contributed by atoms with Crippen LogP contribution in [0.25, 0.3) is 0 Å². The molecule has 1 aliphatic rings. The van der Waals surface area contributed by atoms with E-state index in [-0.39, 0.29) is 17.2 Å². The lowest BCUT2D eigenvalue weighted by molar-refractivity contribution is 0.383. The number of nitrogens with zero attached hydrogens (tertiary/aromatic N) is 1. The van der Waals surface area contributed by atoms with Gasteiger partial charge in [0.15, 0.2) is 0 Å². The topological polar surface area (TPSA) is 57.6 Å². The first kappa shape index (κ1) is 20.1. The van der Waals surface area contributed by atoms with Crippen molar-refractivity contribution < 1.29 is 13.5 Å². The Labute approximate surface area is 180 Å². The second-order valence-electron chi connectivity index (χ2n) is 7.59. The molecule has 0 radical (unpaired) electrons. The van der Waals surface area contributed by atoms with Gasteiger partial charge in [0.25, 0.3) is 0 Å². The zero-order chi connectivity index (χ0) is 20.9. The zero-order valence-corrected chi connectivity index (χ0v) is 18.9. The van der Waals surface area contributed by atoms with Gasteiger partial charge in [0.05, 0.1) is 10.9 Å². The van der Waals surface area contributed by atoms with Gasteiger partial charge in [-0.05, 0) is 55.7 Å². The first-order valence-electron chi connectivity index (χ1n) is 9.36. The molecule has 1 unspecified atom stereocenters. The van der Waals surface area contributed by atoms with Crippen molar-refractivity contribution in [3.8, 4) is 5.75 Å². The number of sulfonamides is 1. The van der Waals surface area contributed by atoms with E-state index in [4.69, 9.17) is 0 Å². The number of aryl methyl sites for hydroxylation is 3. The SMILES string of the molecule is Cc1ccc(C2c3c(Br)cc(C)c(O)c3CN2S(=O)(=O)c2ccc(C)cc2)cc1. The first-order chi connectivity index (χ1) is 13.7. The van der Waals surface area contributed by atoms with Gasteiger partial charge in [-0.3, -0.25) is 0 Å². The van der Waals surface area contributed by atoms with Gasteiger partial charge in [-0.15, -0.1) is 0 Å². The van der Waals surface area contributed by atoms with E-state index in [1.54, 1.807) is 24.3 Å². The van der Waals surface area contributed by atoms with Crippen molar-refractivity contribution in [2.45, 2.75) is 38.3 Å². The predicted molar refractivity (Wildman–Crippen MR) is 117 cm³/mol. The van der Waals surface area contributed by atoms with Crippen LogP contribution in [0.15, 0.2) is 64.0 Å². The number of fused-ring (bicyclic) bond motifs is 1. The molecule has 0 aromatic heterocycles. The number of halogens is 1. The summed E-state index contributed by atoms with van der Waals surface area (Å²) >= 11 is 3.61. The van der Waals surface area contributed by atoms with Gasteiger partial charge in [-0.1, -0.05) is 63.5 Å². The van der Waals surface area contributed by atoms with Crippen LogP contribution in [-0.2, 0) is 16.6 Å². The van der Waals surface area contributed by atoms with E-state index in [1.165, 1.54) is 4.31 Å². The Morgan fingerprint density at radius 3 is 2.10 bits per heavy atom. The number of benzene rings is 3. The van der Waals surface area contributed by atoms with E-state index >= 15 is 0 Å². The van der Waals surface area contributed by atoms with Crippen LogP contribution >= 0.6 is 15.9 Å². The smallest absolute Gasteiger partial charge is 0.244 e. The molecule has 1 atom stereocenters. The lowest BCUT2D eigenvalue weighted by Crippen LogP contribution is -2.30. The molecule has 4 nitrogen and oxygen atoms in total. The average Bonchev–Trinajstić information content (AvgIpc) is 3.09. The number of hydrogen-bond donors (Lipinski definition) is 1. The Balaban J connectivity index is 1.93. The highest BCUT2D eigenvalue weighted by Crippen LogP contribution is 2.49. The molecule has 150 valence electrons. The Morgan fingerprint density at radius 2 is 1.52 bits per heavy atom. The molecule has 4 rings (SSSR count). The Hall–Kier alpha value is -2.15. The third-order valence-electron chi connectivity index (χ3n) is 5.48. The molecule has 3 aromatic rings. The van der Waals surface area contributed by atoms with Gasteiger partial charge in [0, 0.05) is 16.6 Å². The minimum absolute atomic E-state index is 0.121. The molecule has 0 amide bonds. The van der Waals surface area contributed by atoms with Crippen molar-refractivity contribution in [3.05, 3.63) is 92.5 Å². The fraction of sp³-hybridized carbons (Fsp3) is 0.217. The predicted octanol–water partition coefficient (Wildman–Crippen LogP) is 5.37. The van der Waals surface area contributed by atoms with Crippen LogP contribution < -0.4 is 0 Å². The van der Waals surface area contributed by atoms with E-state index in [0.717, 1.165) is 26.7 Å². The summed E-state index contributed by atoms with van der Waals surface area (Å²) in [6, 6.07) is 16.1. The van der Waals surface area contributed by atoms with Gasteiger partial charge < -0.3 is 5.11 Å². The molecule has 0 bridgehead atoms. The van der Waals surface area contributed by atoms with Crippen molar-refractivity contribution in [1.82, 2.24) is 4.31 Å². The Bertz CT molecular complexity index is 1190. The molecular weight excluding hydrogens is 450 g/mol. The molecule has 3 aromatic carbocycles. The minimum Gasteiger partial charge on any atom is -0.507 e. The maximum absolute atomic E-state index is 13.6. The fourth-order valence-corrected chi connectivity index (χ4v) is 6.20. The molecule has 29 heavy (non-hydrogen) atoms. The van der Waals surface area contributed by atoms with Crippen LogP contribution in [0.4, 0.5) is 0 Å². The quantitative estimate of drug-likeness (QED) is 0.558. The Kier molecular flexibility index (Phi) is 5.05. The second-order valence-corrected chi connectivity index (χ2v) is 10.3. The van der Waals surface area contributed by atoms with Crippen molar-refractivity contribution in [3.63, 3.8) is 0 Å². The van der Waals surface area contributed by atoms with E-state index in [0.29, 0.717) is 11.1 Å². The molecule has 0 fully saturated rings. The molecule has 6 heteroatoms. The average molecular weight is 472 g/mol. The molecule has 0 spiro atoms. The molecule has 0 saturated heterocycles. The standard InChI is InChI=1S/C23H22BrNO3S/c1-14-4-8-17(9-5-14)22-21-19(23(26)16(3)12-20(21)24)13-25(22)29(27,28)18-10-6-15(2)7-11-18/h4-12,22,26H,13H2,1-3H3. The van der Waals surface area contributed by atoms with Gasteiger partial charge >= 0.3 is 0 Å². The summed E-state index contributed by atoms with van der Waals surface area (Å²) < 4.78 is 29.5. The second kappa shape index (κ2) is 7.27. The molecule has 1 N–H and O–H groups in total. The summed E-state index contributed by atoms with van der Waals surface area (Å²) in [4.78, 5) is 0.250. The van der Waals surface area contributed by atoms with E-state index < -0.39 is 16.1 Å². The molecule has 1 aliphatic heterocycles. The number of phenolic OH excluding ortho intramolecular Hbond substituents is 1. The largest absolute Gasteiger partial charge is 0.507 e. The van der Waals surface area contributed by atoms with Crippen LogP contribution in [0.5, 0.6) is 5.75 Å². The highest BCUT2D eigenvalue weighted by molar-refractivity contribution is 9.10. The Morgan fingerprint density at radius 1 is 0.966 bits per heavy atom. The number of rotatable bonds is 3. The summed E-state index contributed by atoms with van der Waals surface area (Å²) in [7, 11) is -3.78. The summed E-state index contributed by atoms with van der Waals surface area (Å²) in [6.45, 7) is 5.86. The van der Waals surface area contributed by atoms with Gasteiger partial charge in [0.2, 0.25) is 10.0 Å². The third-order valence-corrected chi connectivity index (χ3v) is 7.96. The summed E-state index contributed by atoms with van der Waals surface area (Å²) in [6.07, 6.45) is 0. The number of hydrogen-bond acceptors (Lipinski definition) is 3. The van der Waals surface area contributed by atoms with E-state index in [2.05, 4.69) is 15.9 Å². The van der Waals surface area contributed by atoms with Crippen LogP contribution in [0.2, 0.25) is 0 Å². The monoisotopic (exact) mass is 471 g/mol. The maximum atomic E-state index is 13.6. The van der Waals surface area contributed by atoms with Crippen molar-refractivity contribution in [2.75, 3.05) is 0 Å². The highest BCUT2D eigenvalue weighted by Gasteiger charge is 2.42. The molecule has 0 saturated carbocycles. The third kappa shape index (κ3) is 3.39. The van der Waals surface area contributed by atoms with E-state index in [1.807, 2.05) is 51.1 Å². The maximum Gasteiger partial charge on any atom is 0.244 e. The van der Waals surface area contributed by atoms with Crippen LogP contribution in [0, 0.1) is 20.8 Å². The molecule has 0 aliphatic carbocycles. The van der Waals surface area contributed by atoms with E-state index in [9.17, 15) is 13.5 Å². The molecular formula is C23H22BrNO3S. The minimum atomic E-state index is -3.78. The summed E-state index contributed by atoms with van der Waals surface area (Å²) in [5, 5.41) is 10.7.